The first-order valence-corrected chi connectivity index (χ1v) is 8.21. The van der Waals surface area contributed by atoms with Gasteiger partial charge in [-0.2, -0.15) is 5.10 Å². The quantitative estimate of drug-likeness (QED) is 0.757. The number of aromatic nitrogens is 2. The molecule has 0 radical (unpaired) electrons. The average molecular weight is 295 g/mol. The van der Waals surface area contributed by atoms with E-state index >= 15 is 0 Å². The van der Waals surface area contributed by atoms with Gasteiger partial charge in [0.25, 0.3) is 9.05 Å². The van der Waals surface area contributed by atoms with Crippen LogP contribution in [0.25, 0.3) is 0 Å². The molecule has 1 aromatic heterocycles. The molecule has 104 valence electrons. The van der Waals surface area contributed by atoms with E-state index in [1.165, 1.54) is 6.20 Å². The van der Waals surface area contributed by atoms with Crippen molar-refractivity contribution in [3.63, 3.8) is 0 Å². The fourth-order valence-corrected chi connectivity index (χ4v) is 2.50. The lowest BCUT2D eigenvalue weighted by Crippen LogP contribution is -2.14. The van der Waals surface area contributed by atoms with Gasteiger partial charge in [0.1, 0.15) is 4.90 Å². The van der Waals surface area contributed by atoms with Gasteiger partial charge in [0.15, 0.2) is 0 Å². The van der Waals surface area contributed by atoms with Gasteiger partial charge in [0.05, 0.1) is 24.6 Å². The lowest BCUT2D eigenvalue weighted by atomic mass is 10.2. The van der Waals surface area contributed by atoms with E-state index in [2.05, 4.69) is 5.10 Å². The Morgan fingerprint density at radius 3 is 2.50 bits per heavy atom. The highest BCUT2D eigenvalue weighted by molar-refractivity contribution is 8.13. The monoisotopic (exact) mass is 294 g/mol. The zero-order valence-corrected chi connectivity index (χ0v) is 12.6. The summed E-state index contributed by atoms with van der Waals surface area (Å²) >= 11 is 0. The molecule has 0 fully saturated rings. The van der Waals surface area contributed by atoms with Crippen LogP contribution in [0.15, 0.2) is 11.1 Å². The third kappa shape index (κ3) is 3.70. The zero-order chi connectivity index (χ0) is 13.9. The van der Waals surface area contributed by atoms with Gasteiger partial charge < -0.3 is 4.74 Å². The van der Waals surface area contributed by atoms with Crippen molar-refractivity contribution < 1.29 is 13.2 Å². The maximum atomic E-state index is 11.5. The Balaban J connectivity index is 3.17. The Morgan fingerprint density at radius 2 is 2.06 bits per heavy atom. The fourth-order valence-electron chi connectivity index (χ4n) is 1.51. The smallest absolute Gasteiger partial charge is 0.264 e. The molecule has 18 heavy (non-hydrogen) atoms. The normalized spacial score (nSPS) is 14.1. The van der Waals surface area contributed by atoms with Gasteiger partial charge in [-0.15, -0.1) is 0 Å². The molecule has 0 N–H and O–H groups in total. The van der Waals surface area contributed by atoms with Crippen LogP contribution in [0.5, 0.6) is 0 Å². The second kappa shape index (κ2) is 6.04. The lowest BCUT2D eigenvalue weighted by Gasteiger charge is -2.15. The van der Waals surface area contributed by atoms with Crippen molar-refractivity contribution in [2.24, 2.45) is 0 Å². The van der Waals surface area contributed by atoms with Crippen molar-refractivity contribution in [3.05, 3.63) is 11.9 Å². The summed E-state index contributed by atoms with van der Waals surface area (Å²) < 4.78 is 30.1. The van der Waals surface area contributed by atoms with Crippen LogP contribution in [0.1, 0.15) is 45.9 Å². The highest BCUT2D eigenvalue weighted by atomic mass is 35.7. The van der Waals surface area contributed by atoms with Crippen LogP contribution in [-0.4, -0.2) is 24.3 Å². The molecule has 0 aliphatic heterocycles. The number of hydrogen-bond donors (Lipinski definition) is 0. The summed E-state index contributed by atoms with van der Waals surface area (Å²) in [6.07, 6.45) is 2.14. The summed E-state index contributed by atoms with van der Waals surface area (Å²) in [6, 6.07) is 0.0999. The summed E-state index contributed by atoms with van der Waals surface area (Å²) in [5.41, 5.74) is 0.507. The topological polar surface area (TPSA) is 61.2 Å². The molecule has 0 aliphatic rings. The third-order valence-electron chi connectivity index (χ3n) is 2.68. The Kier molecular flexibility index (Phi) is 5.19. The SMILES string of the molecule is CC[C@@H](C)n1ncc(S(=O)(=O)Cl)c1COC(C)C. The first kappa shape index (κ1) is 15.5. The van der Waals surface area contributed by atoms with Crippen LogP contribution in [0.2, 0.25) is 0 Å². The first-order valence-electron chi connectivity index (χ1n) is 5.90. The van der Waals surface area contributed by atoms with Crippen LogP contribution in [0.4, 0.5) is 0 Å². The van der Waals surface area contributed by atoms with Crippen LogP contribution >= 0.6 is 10.7 Å². The number of ether oxygens (including phenoxy) is 1. The number of rotatable bonds is 6. The minimum atomic E-state index is -3.79. The molecule has 0 bridgehead atoms. The van der Waals surface area contributed by atoms with E-state index in [4.69, 9.17) is 15.4 Å². The van der Waals surface area contributed by atoms with Crippen molar-refractivity contribution in [2.75, 3.05) is 0 Å². The average Bonchev–Trinajstić information content (AvgIpc) is 2.68. The van der Waals surface area contributed by atoms with Gasteiger partial charge >= 0.3 is 0 Å². The van der Waals surface area contributed by atoms with E-state index < -0.39 is 9.05 Å². The second-order valence-corrected chi connectivity index (χ2v) is 6.99. The maximum Gasteiger partial charge on any atom is 0.264 e. The van der Waals surface area contributed by atoms with E-state index in [0.29, 0.717) is 5.69 Å². The van der Waals surface area contributed by atoms with Crippen LogP contribution < -0.4 is 0 Å². The predicted octanol–water partition coefficient (Wildman–Crippen LogP) is 2.71. The summed E-state index contributed by atoms with van der Waals surface area (Å²) in [5.74, 6) is 0. The van der Waals surface area contributed by atoms with E-state index in [-0.39, 0.29) is 23.6 Å². The molecule has 1 heterocycles. The molecule has 0 spiro atoms. The summed E-state index contributed by atoms with van der Waals surface area (Å²) in [7, 11) is 1.61. The van der Waals surface area contributed by atoms with Crippen LogP contribution in [0, 0.1) is 0 Å². The van der Waals surface area contributed by atoms with E-state index in [1.54, 1.807) is 4.68 Å². The molecule has 0 saturated heterocycles. The number of halogens is 1. The van der Waals surface area contributed by atoms with E-state index in [1.807, 2.05) is 27.7 Å². The molecule has 0 unspecified atom stereocenters. The summed E-state index contributed by atoms with van der Waals surface area (Å²) in [5, 5.41) is 4.10. The van der Waals surface area contributed by atoms with Crippen molar-refractivity contribution >= 4 is 19.7 Å². The van der Waals surface area contributed by atoms with Gasteiger partial charge in [0.2, 0.25) is 0 Å². The lowest BCUT2D eigenvalue weighted by molar-refractivity contribution is 0.0588. The molecule has 0 aliphatic carbocycles. The number of nitrogens with zero attached hydrogens (tertiary/aromatic N) is 2. The molecule has 5 nitrogen and oxygen atoms in total. The standard InChI is InChI=1S/C11H19ClN2O3S/c1-5-9(4)14-10(7-17-8(2)3)11(6-13-14)18(12,15)16/h6,8-9H,5,7H2,1-4H3/t9-/m1/s1. The molecule has 1 rings (SSSR count). The van der Waals surface area contributed by atoms with Gasteiger partial charge in [-0.1, -0.05) is 6.92 Å². The molecular formula is C11H19ClN2O3S. The van der Waals surface area contributed by atoms with Crippen molar-refractivity contribution in [1.29, 1.82) is 0 Å². The minimum absolute atomic E-state index is 0.0103. The molecule has 0 saturated carbocycles. The summed E-state index contributed by atoms with van der Waals surface area (Å²) in [4.78, 5) is 0.0325. The molecule has 7 heteroatoms. The fraction of sp³-hybridized carbons (Fsp3) is 0.727. The third-order valence-corrected chi connectivity index (χ3v) is 4.05. The molecule has 1 aromatic rings. The first-order chi connectivity index (χ1) is 8.27. The van der Waals surface area contributed by atoms with Crippen molar-refractivity contribution in [3.8, 4) is 0 Å². The minimum Gasteiger partial charge on any atom is -0.372 e. The largest absolute Gasteiger partial charge is 0.372 e. The van der Waals surface area contributed by atoms with Crippen molar-refractivity contribution in [2.45, 2.75) is 57.8 Å². The highest BCUT2D eigenvalue weighted by Gasteiger charge is 2.23. The molecule has 0 aromatic carbocycles. The van der Waals surface area contributed by atoms with Gasteiger partial charge in [-0.25, -0.2) is 8.42 Å². The predicted molar refractivity (Wildman–Crippen MR) is 70.2 cm³/mol. The molecular weight excluding hydrogens is 276 g/mol. The zero-order valence-electron chi connectivity index (χ0n) is 11.1. The van der Waals surface area contributed by atoms with Gasteiger partial charge in [-0.3, -0.25) is 4.68 Å². The Hall–Kier alpha value is -0.590. The van der Waals surface area contributed by atoms with Crippen molar-refractivity contribution in [1.82, 2.24) is 9.78 Å². The van der Waals surface area contributed by atoms with Gasteiger partial charge in [-0.05, 0) is 27.2 Å². The maximum absolute atomic E-state index is 11.5. The highest BCUT2D eigenvalue weighted by Crippen LogP contribution is 2.24. The van der Waals surface area contributed by atoms with Gasteiger partial charge in [0, 0.05) is 16.7 Å². The Bertz CT molecular complexity index is 496. The molecule has 1 atom stereocenters. The van der Waals surface area contributed by atoms with E-state index in [0.717, 1.165) is 6.42 Å². The van der Waals surface area contributed by atoms with Crippen LogP contribution in [-0.2, 0) is 20.4 Å². The van der Waals surface area contributed by atoms with Crippen LogP contribution in [0.3, 0.4) is 0 Å². The Labute approximate surface area is 113 Å². The summed E-state index contributed by atoms with van der Waals surface area (Å²) in [6.45, 7) is 7.94. The second-order valence-electron chi connectivity index (χ2n) is 4.45. The number of hydrogen-bond acceptors (Lipinski definition) is 4. The molecule has 0 amide bonds. The Morgan fingerprint density at radius 1 is 1.44 bits per heavy atom. The van der Waals surface area contributed by atoms with E-state index in [9.17, 15) is 8.42 Å².